The highest BCUT2D eigenvalue weighted by Gasteiger charge is 2.55. The van der Waals surface area contributed by atoms with Crippen LogP contribution in [0.4, 0.5) is 13.2 Å². The zero-order chi connectivity index (χ0) is 15.7. The average Bonchev–Trinajstić information content (AvgIpc) is 2.26. The molecule has 0 aromatic rings. The van der Waals surface area contributed by atoms with E-state index in [1.807, 2.05) is 0 Å². The fourth-order valence-corrected chi connectivity index (χ4v) is 3.21. The zero-order valence-corrected chi connectivity index (χ0v) is 11.8. The zero-order valence-electron chi connectivity index (χ0n) is 11.8. The van der Waals surface area contributed by atoms with E-state index in [4.69, 9.17) is 0 Å². The third kappa shape index (κ3) is 3.07. The molecule has 1 aliphatic rings. The molecule has 1 rings (SSSR count). The molecule has 0 bridgehead atoms. The first-order chi connectivity index (χ1) is 9.02. The highest BCUT2D eigenvalue weighted by Crippen LogP contribution is 2.45. The number of hydrogen-bond donors (Lipinski definition) is 1. The van der Waals surface area contributed by atoms with Crippen LogP contribution in [-0.4, -0.2) is 39.6 Å². The molecule has 1 aliphatic carbocycles. The van der Waals surface area contributed by atoms with Gasteiger partial charge < -0.3 is 10.0 Å². The van der Waals surface area contributed by atoms with Gasteiger partial charge in [-0.3, -0.25) is 4.79 Å². The van der Waals surface area contributed by atoms with Crippen LogP contribution < -0.4 is 0 Å². The van der Waals surface area contributed by atoms with Gasteiger partial charge in [-0.25, -0.2) is 4.79 Å². The maximum Gasteiger partial charge on any atom is 0.391 e. The summed E-state index contributed by atoms with van der Waals surface area (Å²) in [5.41, 5.74) is -1.75. The lowest BCUT2D eigenvalue weighted by Gasteiger charge is -2.47. The molecule has 1 fully saturated rings. The Morgan fingerprint density at radius 2 is 1.90 bits per heavy atom. The SMILES string of the molecule is CC(=O)N(C(C)C)C1(C(=O)O)CCCC(C(F)(F)F)C1. The minimum Gasteiger partial charge on any atom is -0.479 e. The monoisotopic (exact) mass is 295 g/mol. The van der Waals surface area contributed by atoms with Crippen LogP contribution in [0, 0.1) is 5.92 Å². The molecule has 7 heteroatoms. The van der Waals surface area contributed by atoms with Gasteiger partial charge in [0.1, 0.15) is 5.54 Å². The van der Waals surface area contributed by atoms with E-state index in [1.54, 1.807) is 13.8 Å². The van der Waals surface area contributed by atoms with Crippen molar-refractivity contribution in [1.29, 1.82) is 0 Å². The largest absolute Gasteiger partial charge is 0.479 e. The third-order valence-electron chi connectivity index (χ3n) is 3.90. The molecule has 0 aromatic heterocycles. The van der Waals surface area contributed by atoms with Gasteiger partial charge in [0.15, 0.2) is 0 Å². The fraction of sp³-hybridized carbons (Fsp3) is 0.846. The Morgan fingerprint density at radius 1 is 1.35 bits per heavy atom. The molecule has 0 aromatic carbocycles. The van der Waals surface area contributed by atoms with Crippen molar-refractivity contribution in [2.45, 2.75) is 64.2 Å². The number of carbonyl (C=O) groups is 2. The number of nitrogens with zero attached hydrogens (tertiary/aromatic N) is 1. The highest BCUT2D eigenvalue weighted by molar-refractivity contribution is 5.86. The van der Waals surface area contributed by atoms with Gasteiger partial charge in [-0.1, -0.05) is 0 Å². The van der Waals surface area contributed by atoms with Gasteiger partial charge in [-0.2, -0.15) is 13.2 Å². The summed E-state index contributed by atoms with van der Waals surface area (Å²) >= 11 is 0. The summed E-state index contributed by atoms with van der Waals surface area (Å²) in [6, 6.07) is -0.462. The molecule has 1 saturated carbocycles. The van der Waals surface area contributed by atoms with Crippen LogP contribution >= 0.6 is 0 Å². The van der Waals surface area contributed by atoms with Crippen LogP contribution in [0.5, 0.6) is 0 Å². The third-order valence-corrected chi connectivity index (χ3v) is 3.90. The predicted molar refractivity (Wildman–Crippen MR) is 66.0 cm³/mol. The van der Waals surface area contributed by atoms with Crippen molar-refractivity contribution in [3.8, 4) is 0 Å². The molecule has 1 N–H and O–H groups in total. The number of carboxylic acids is 1. The summed E-state index contributed by atoms with van der Waals surface area (Å²) < 4.78 is 38.8. The normalized spacial score (nSPS) is 27.4. The predicted octanol–water partition coefficient (Wildman–Crippen LogP) is 2.82. The number of amides is 1. The van der Waals surface area contributed by atoms with Gasteiger partial charge in [0.05, 0.1) is 5.92 Å². The summed E-state index contributed by atoms with van der Waals surface area (Å²) in [5, 5.41) is 9.48. The molecule has 0 heterocycles. The van der Waals surface area contributed by atoms with Crippen molar-refractivity contribution in [1.82, 2.24) is 4.90 Å². The number of rotatable bonds is 3. The van der Waals surface area contributed by atoms with E-state index in [-0.39, 0.29) is 19.3 Å². The minimum absolute atomic E-state index is 0.0622. The topological polar surface area (TPSA) is 57.6 Å². The number of alkyl halides is 3. The summed E-state index contributed by atoms with van der Waals surface area (Å²) in [6.07, 6.45) is -4.87. The summed E-state index contributed by atoms with van der Waals surface area (Å²) in [5.74, 6) is -3.53. The molecule has 0 radical (unpaired) electrons. The molecular weight excluding hydrogens is 275 g/mol. The molecule has 0 aliphatic heterocycles. The van der Waals surface area contributed by atoms with E-state index in [0.717, 1.165) is 4.90 Å². The molecule has 0 spiro atoms. The van der Waals surface area contributed by atoms with E-state index in [1.165, 1.54) is 6.92 Å². The Bertz CT molecular complexity index is 395. The lowest BCUT2D eigenvalue weighted by atomic mass is 9.73. The molecule has 1 amide bonds. The average molecular weight is 295 g/mol. The Labute approximate surface area is 115 Å². The van der Waals surface area contributed by atoms with Crippen molar-refractivity contribution in [2.75, 3.05) is 0 Å². The Hall–Kier alpha value is -1.27. The summed E-state index contributed by atoms with van der Waals surface area (Å²) in [6.45, 7) is 4.43. The first-order valence-corrected chi connectivity index (χ1v) is 6.62. The molecular formula is C13H20F3NO3. The minimum atomic E-state index is -4.43. The summed E-state index contributed by atoms with van der Waals surface area (Å²) in [7, 11) is 0. The van der Waals surface area contributed by atoms with Gasteiger partial charge in [0.25, 0.3) is 0 Å². The molecule has 0 saturated heterocycles. The smallest absolute Gasteiger partial charge is 0.391 e. The highest BCUT2D eigenvalue weighted by atomic mass is 19.4. The quantitative estimate of drug-likeness (QED) is 0.871. The van der Waals surface area contributed by atoms with Crippen LogP contribution in [0.15, 0.2) is 0 Å². The van der Waals surface area contributed by atoms with Crippen molar-refractivity contribution < 1.29 is 27.9 Å². The molecule has 2 unspecified atom stereocenters. The number of carbonyl (C=O) groups excluding carboxylic acids is 1. The Balaban J connectivity index is 3.21. The first-order valence-electron chi connectivity index (χ1n) is 6.62. The molecule has 20 heavy (non-hydrogen) atoms. The summed E-state index contributed by atoms with van der Waals surface area (Å²) in [4.78, 5) is 24.5. The van der Waals surface area contributed by atoms with Gasteiger partial charge in [0, 0.05) is 13.0 Å². The van der Waals surface area contributed by atoms with E-state index in [2.05, 4.69) is 0 Å². The lowest BCUT2D eigenvalue weighted by molar-refractivity contribution is -0.201. The van der Waals surface area contributed by atoms with Crippen molar-refractivity contribution in [3.63, 3.8) is 0 Å². The second kappa shape index (κ2) is 5.61. The second-order valence-corrected chi connectivity index (χ2v) is 5.65. The Kier molecular flexibility index (Phi) is 4.71. The van der Waals surface area contributed by atoms with Crippen molar-refractivity contribution >= 4 is 11.9 Å². The number of carboxylic acid groups (broad SMARTS) is 1. The van der Waals surface area contributed by atoms with Crippen LogP contribution in [0.3, 0.4) is 0 Å². The fourth-order valence-electron chi connectivity index (χ4n) is 3.21. The number of halogens is 3. The van der Waals surface area contributed by atoms with Crippen LogP contribution in [0.2, 0.25) is 0 Å². The van der Waals surface area contributed by atoms with E-state index < -0.39 is 42.0 Å². The lowest BCUT2D eigenvalue weighted by Crippen LogP contribution is -2.62. The number of aliphatic carboxylic acids is 1. The van der Waals surface area contributed by atoms with Gasteiger partial charge in [-0.15, -0.1) is 0 Å². The molecule has 116 valence electrons. The first kappa shape index (κ1) is 16.8. The van der Waals surface area contributed by atoms with Crippen LogP contribution in [0.25, 0.3) is 0 Å². The standard InChI is InChI=1S/C13H20F3NO3/c1-8(2)17(9(3)18)12(11(19)20)6-4-5-10(7-12)13(14,15)16/h8,10H,4-7H2,1-3H3,(H,19,20). The van der Waals surface area contributed by atoms with Crippen LogP contribution in [0.1, 0.15) is 46.5 Å². The molecule has 2 atom stereocenters. The van der Waals surface area contributed by atoms with Gasteiger partial charge >= 0.3 is 12.1 Å². The van der Waals surface area contributed by atoms with Gasteiger partial charge in [0.2, 0.25) is 5.91 Å². The van der Waals surface area contributed by atoms with E-state index >= 15 is 0 Å². The number of hydrogen-bond acceptors (Lipinski definition) is 2. The van der Waals surface area contributed by atoms with Gasteiger partial charge in [-0.05, 0) is 39.5 Å². The molecule has 4 nitrogen and oxygen atoms in total. The maximum absolute atomic E-state index is 12.9. The second-order valence-electron chi connectivity index (χ2n) is 5.65. The maximum atomic E-state index is 12.9. The van der Waals surface area contributed by atoms with Crippen molar-refractivity contribution in [2.24, 2.45) is 5.92 Å². The van der Waals surface area contributed by atoms with Crippen LogP contribution in [-0.2, 0) is 9.59 Å². The van der Waals surface area contributed by atoms with E-state index in [0.29, 0.717) is 0 Å². The van der Waals surface area contributed by atoms with Crippen molar-refractivity contribution in [3.05, 3.63) is 0 Å². The van der Waals surface area contributed by atoms with E-state index in [9.17, 15) is 27.9 Å². The Morgan fingerprint density at radius 3 is 2.25 bits per heavy atom.